The van der Waals surface area contributed by atoms with Crippen LogP contribution in [0.2, 0.25) is 0 Å². The summed E-state index contributed by atoms with van der Waals surface area (Å²) < 4.78 is 0. The zero-order valence-electron chi connectivity index (χ0n) is 17.2. The first kappa shape index (κ1) is 20.8. The number of hydrogen-bond acceptors (Lipinski definition) is 4. The fourth-order valence-corrected chi connectivity index (χ4v) is 2.97. The first-order chi connectivity index (χ1) is 12.7. The lowest BCUT2D eigenvalue weighted by Gasteiger charge is -2.25. The van der Waals surface area contributed by atoms with Crippen LogP contribution in [-0.2, 0) is 17.6 Å². The number of aromatic nitrogens is 2. The number of fused-ring (bicyclic) bond motifs is 1. The van der Waals surface area contributed by atoms with Gasteiger partial charge >= 0.3 is 0 Å². The summed E-state index contributed by atoms with van der Waals surface area (Å²) in [6.45, 7) is 12.2. The first-order valence-electron chi connectivity index (χ1n) is 9.58. The van der Waals surface area contributed by atoms with E-state index in [1.54, 1.807) is 12.1 Å². The van der Waals surface area contributed by atoms with Gasteiger partial charge in [-0.15, -0.1) is 0 Å². The van der Waals surface area contributed by atoms with Crippen LogP contribution in [-0.4, -0.2) is 45.3 Å². The Morgan fingerprint density at radius 1 is 1.00 bits per heavy atom. The van der Waals surface area contributed by atoms with Crippen LogP contribution in [0.4, 0.5) is 0 Å². The maximum Gasteiger partial charge on any atom is 0.254 e. The summed E-state index contributed by atoms with van der Waals surface area (Å²) in [6, 6.07) is 5.36. The maximum absolute atomic E-state index is 12.9. The van der Waals surface area contributed by atoms with Gasteiger partial charge in [-0.05, 0) is 58.7 Å². The molecule has 2 amide bonds. The van der Waals surface area contributed by atoms with E-state index in [1.165, 1.54) is 4.90 Å². The molecule has 6 heteroatoms. The molecule has 27 heavy (non-hydrogen) atoms. The summed E-state index contributed by atoms with van der Waals surface area (Å²) in [5.41, 5.74) is 3.66. The van der Waals surface area contributed by atoms with E-state index in [-0.39, 0.29) is 23.9 Å². The van der Waals surface area contributed by atoms with E-state index >= 15 is 0 Å². The quantitative estimate of drug-likeness (QED) is 0.848. The van der Waals surface area contributed by atoms with Crippen LogP contribution >= 0.6 is 0 Å². The molecule has 0 saturated carbocycles. The Bertz CT molecular complexity index is 840. The number of carbonyl (C=O) groups excluding carboxylic acids is 2. The van der Waals surface area contributed by atoms with E-state index < -0.39 is 0 Å². The molecule has 2 rings (SSSR count). The lowest BCUT2D eigenvalue weighted by atomic mass is 10.1. The number of carbonyl (C=O) groups is 2. The molecule has 1 heterocycles. The van der Waals surface area contributed by atoms with E-state index in [1.807, 2.05) is 33.8 Å². The molecular formula is C21H30N4O2. The zero-order valence-corrected chi connectivity index (χ0v) is 17.2. The maximum atomic E-state index is 12.9. The van der Waals surface area contributed by atoms with Crippen molar-refractivity contribution < 1.29 is 9.59 Å². The van der Waals surface area contributed by atoms with Crippen molar-refractivity contribution in [2.24, 2.45) is 0 Å². The molecule has 0 unspecified atom stereocenters. The third kappa shape index (κ3) is 5.25. The standard InChI is InChI=1S/C21H30N4O2/c1-7-15-16(8-2)23-18-12-14(10-11-17(18)22-15)20(27)25(9-3)13-19(26)24-21(4,5)6/h10-12H,7-9,13H2,1-6H3,(H,24,26). The molecule has 0 spiro atoms. The highest BCUT2D eigenvalue weighted by atomic mass is 16.2. The van der Waals surface area contributed by atoms with Gasteiger partial charge in [0.2, 0.25) is 5.91 Å². The summed E-state index contributed by atoms with van der Waals surface area (Å²) in [7, 11) is 0. The Hall–Kier alpha value is -2.50. The minimum Gasteiger partial charge on any atom is -0.350 e. The van der Waals surface area contributed by atoms with Gasteiger partial charge in [-0.25, -0.2) is 9.97 Å². The van der Waals surface area contributed by atoms with Crippen molar-refractivity contribution in [1.82, 2.24) is 20.2 Å². The molecule has 0 saturated heterocycles. The smallest absolute Gasteiger partial charge is 0.254 e. The van der Waals surface area contributed by atoms with E-state index in [9.17, 15) is 9.59 Å². The number of hydrogen-bond donors (Lipinski definition) is 1. The molecule has 1 aromatic heterocycles. The number of likely N-dealkylation sites (N-methyl/N-ethyl adjacent to an activating group) is 1. The number of nitrogens with one attached hydrogen (secondary N) is 1. The van der Waals surface area contributed by atoms with Crippen molar-refractivity contribution in [3.8, 4) is 0 Å². The van der Waals surface area contributed by atoms with Gasteiger partial charge in [0.05, 0.1) is 29.0 Å². The summed E-state index contributed by atoms with van der Waals surface area (Å²) in [6.07, 6.45) is 1.64. The number of amides is 2. The van der Waals surface area contributed by atoms with Crippen molar-refractivity contribution in [1.29, 1.82) is 0 Å². The van der Waals surface area contributed by atoms with Gasteiger partial charge in [0, 0.05) is 17.6 Å². The largest absolute Gasteiger partial charge is 0.350 e. The molecule has 0 atom stereocenters. The highest BCUT2D eigenvalue weighted by Crippen LogP contribution is 2.17. The van der Waals surface area contributed by atoms with Crippen molar-refractivity contribution in [2.75, 3.05) is 13.1 Å². The summed E-state index contributed by atoms with van der Waals surface area (Å²) >= 11 is 0. The number of rotatable bonds is 6. The monoisotopic (exact) mass is 370 g/mol. The van der Waals surface area contributed by atoms with Gasteiger partial charge in [-0.1, -0.05) is 13.8 Å². The van der Waals surface area contributed by atoms with Crippen molar-refractivity contribution in [3.63, 3.8) is 0 Å². The third-order valence-corrected chi connectivity index (χ3v) is 4.25. The number of aryl methyl sites for hydroxylation is 2. The molecule has 0 aliphatic heterocycles. The van der Waals surface area contributed by atoms with Crippen LogP contribution in [0, 0.1) is 0 Å². The minimum absolute atomic E-state index is 0.0330. The third-order valence-electron chi connectivity index (χ3n) is 4.25. The summed E-state index contributed by atoms with van der Waals surface area (Å²) in [5.74, 6) is -0.345. The van der Waals surface area contributed by atoms with Crippen molar-refractivity contribution in [3.05, 3.63) is 35.2 Å². The second-order valence-corrected chi connectivity index (χ2v) is 7.65. The molecule has 0 aliphatic rings. The molecule has 0 fully saturated rings. The van der Waals surface area contributed by atoms with Crippen LogP contribution in [0.15, 0.2) is 18.2 Å². The summed E-state index contributed by atoms with van der Waals surface area (Å²) in [4.78, 5) is 36.0. The Balaban J connectivity index is 2.28. The van der Waals surface area contributed by atoms with Gasteiger partial charge in [0.25, 0.3) is 5.91 Å². The van der Waals surface area contributed by atoms with Crippen molar-refractivity contribution >= 4 is 22.8 Å². The molecule has 1 N–H and O–H groups in total. The molecule has 146 valence electrons. The molecule has 2 aromatic rings. The van der Waals surface area contributed by atoms with E-state index in [0.29, 0.717) is 17.6 Å². The van der Waals surface area contributed by atoms with E-state index in [0.717, 1.165) is 29.7 Å². The Kier molecular flexibility index (Phi) is 6.52. The normalized spacial score (nSPS) is 11.5. The summed E-state index contributed by atoms with van der Waals surface area (Å²) in [5, 5.41) is 2.89. The average molecular weight is 370 g/mol. The van der Waals surface area contributed by atoms with Crippen LogP contribution < -0.4 is 5.32 Å². The lowest BCUT2D eigenvalue weighted by Crippen LogP contribution is -2.47. The number of benzene rings is 1. The van der Waals surface area contributed by atoms with Gasteiger partial charge in [-0.2, -0.15) is 0 Å². The Morgan fingerprint density at radius 3 is 2.11 bits per heavy atom. The first-order valence-corrected chi connectivity index (χ1v) is 9.58. The predicted octanol–water partition coefficient (Wildman–Crippen LogP) is 3.13. The second kappa shape index (κ2) is 8.46. The minimum atomic E-state index is -0.328. The van der Waals surface area contributed by atoms with Crippen LogP contribution in [0.5, 0.6) is 0 Å². The van der Waals surface area contributed by atoms with Gasteiger partial charge in [0.15, 0.2) is 0 Å². The van der Waals surface area contributed by atoms with E-state index in [2.05, 4.69) is 29.1 Å². The van der Waals surface area contributed by atoms with E-state index in [4.69, 9.17) is 0 Å². The average Bonchev–Trinajstić information content (AvgIpc) is 2.62. The SMILES string of the molecule is CCc1nc2ccc(C(=O)N(CC)CC(=O)NC(C)(C)C)cc2nc1CC. The zero-order chi connectivity index (χ0) is 20.2. The Labute approximate surface area is 161 Å². The second-order valence-electron chi connectivity index (χ2n) is 7.65. The molecular weight excluding hydrogens is 340 g/mol. The highest BCUT2D eigenvalue weighted by molar-refractivity contribution is 5.99. The molecule has 0 bridgehead atoms. The van der Waals surface area contributed by atoms with Gasteiger partial charge in [0.1, 0.15) is 0 Å². The van der Waals surface area contributed by atoms with Gasteiger partial charge < -0.3 is 10.2 Å². The molecule has 6 nitrogen and oxygen atoms in total. The fourth-order valence-electron chi connectivity index (χ4n) is 2.97. The molecule has 0 aliphatic carbocycles. The highest BCUT2D eigenvalue weighted by Gasteiger charge is 2.21. The lowest BCUT2D eigenvalue weighted by molar-refractivity contribution is -0.123. The topological polar surface area (TPSA) is 75.2 Å². The predicted molar refractivity (Wildman–Crippen MR) is 108 cm³/mol. The van der Waals surface area contributed by atoms with Gasteiger partial charge in [-0.3, -0.25) is 9.59 Å². The van der Waals surface area contributed by atoms with Crippen LogP contribution in [0.3, 0.4) is 0 Å². The number of nitrogens with zero attached hydrogens (tertiary/aromatic N) is 3. The fraction of sp³-hybridized carbons (Fsp3) is 0.524. The molecule has 1 aromatic carbocycles. The van der Waals surface area contributed by atoms with Crippen LogP contribution in [0.1, 0.15) is 63.3 Å². The van der Waals surface area contributed by atoms with Crippen molar-refractivity contribution in [2.45, 2.75) is 59.9 Å². The molecule has 0 radical (unpaired) electrons. The van der Waals surface area contributed by atoms with Crippen LogP contribution in [0.25, 0.3) is 11.0 Å². The Morgan fingerprint density at radius 2 is 1.59 bits per heavy atom.